The van der Waals surface area contributed by atoms with Gasteiger partial charge in [-0.1, -0.05) is 60.5 Å². The van der Waals surface area contributed by atoms with Crippen molar-refractivity contribution in [3.8, 4) is 11.5 Å². The Hall–Kier alpha value is -3.40. The first-order valence-corrected chi connectivity index (χ1v) is 13.6. The zero-order valence-electron chi connectivity index (χ0n) is 21.9. The molecule has 0 radical (unpaired) electrons. The van der Waals surface area contributed by atoms with Gasteiger partial charge in [-0.15, -0.1) is 0 Å². The minimum Gasteiger partial charge on any atom is -0.493 e. The smallest absolute Gasteiger partial charge is 0.338 e. The van der Waals surface area contributed by atoms with E-state index in [1.807, 2.05) is 13.8 Å². The molecule has 2 heterocycles. The lowest BCUT2D eigenvalue weighted by atomic mass is 9.95. The fourth-order valence-electron chi connectivity index (χ4n) is 4.07. The molecule has 8 nitrogen and oxygen atoms in total. The van der Waals surface area contributed by atoms with E-state index in [-0.39, 0.29) is 35.2 Å². The molecule has 1 aliphatic heterocycles. The maximum absolute atomic E-state index is 13.8. The maximum Gasteiger partial charge on any atom is 0.338 e. The molecule has 0 amide bonds. The lowest BCUT2D eigenvalue weighted by molar-refractivity contribution is -0.140. The fourth-order valence-corrected chi connectivity index (χ4v) is 5.57. The third kappa shape index (κ3) is 6.11. The Morgan fingerprint density at radius 2 is 1.90 bits per heavy atom. The van der Waals surface area contributed by atoms with Crippen molar-refractivity contribution >= 4 is 52.6 Å². The van der Waals surface area contributed by atoms with Gasteiger partial charge < -0.3 is 14.2 Å². The molecule has 0 N–H and O–H groups in total. The average Bonchev–Trinajstić information content (AvgIpc) is 3.17. The van der Waals surface area contributed by atoms with E-state index in [9.17, 15) is 14.4 Å². The molecule has 0 unspecified atom stereocenters. The summed E-state index contributed by atoms with van der Waals surface area (Å²) in [7, 11) is 1.44. The summed E-state index contributed by atoms with van der Waals surface area (Å²) in [5, 5.41) is 0.870. The highest BCUT2D eigenvalue weighted by molar-refractivity contribution is 7.07. The second-order valence-electron chi connectivity index (χ2n) is 9.24. The zero-order chi connectivity index (χ0) is 28.4. The third-order valence-electron chi connectivity index (χ3n) is 5.80. The van der Waals surface area contributed by atoms with Crippen molar-refractivity contribution in [3.63, 3.8) is 0 Å². The van der Waals surface area contributed by atoms with Crippen molar-refractivity contribution in [1.29, 1.82) is 0 Å². The minimum absolute atomic E-state index is 0.113. The van der Waals surface area contributed by atoms with E-state index in [1.54, 1.807) is 49.4 Å². The quantitative estimate of drug-likeness (QED) is 0.294. The molecular weight excluding hydrogens is 563 g/mol. The van der Waals surface area contributed by atoms with Crippen LogP contribution in [0.15, 0.2) is 57.5 Å². The monoisotopic (exact) mass is 588 g/mol. The molecule has 0 saturated carbocycles. The number of rotatable bonds is 7. The Labute approximate surface area is 238 Å². The molecule has 0 bridgehead atoms. The van der Waals surface area contributed by atoms with Crippen LogP contribution >= 0.6 is 34.5 Å². The Balaban J connectivity index is 1.94. The summed E-state index contributed by atoms with van der Waals surface area (Å²) in [5.74, 6) is -0.496. The van der Waals surface area contributed by atoms with Crippen LogP contribution in [0, 0.1) is 5.92 Å². The van der Waals surface area contributed by atoms with E-state index in [0.29, 0.717) is 36.2 Å². The Bertz CT molecular complexity index is 1670. The van der Waals surface area contributed by atoms with Crippen molar-refractivity contribution in [3.05, 3.63) is 88.5 Å². The summed E-state index contributed by atoms with van der Waals surface area (Å²) < 4.78 is 18.1. The summed E-state index contributed by atoms with van der Waals surface area (Å²) >= 11 is 13.6. The number of fused-ring (bicyclic) bond motifs is 1. The normalized spacial score (nSPS) is 15.2. The highest BCUT2D eigenvalue weighted by atomic mass is 35.5. The average molecular weight is 589 g/mol. The molecule has 204 valence electrons. The number of hydrogen-bond donors (Lipinski definition) is 0. The molecule has 2 aromatic carbocycles. The molecule has 0 fully saturated rings. The predicted molar refractivity (Wildman–Crippen MR) is 150 cm³/mol. The van der Waals surface area contributed by atoms with Crippen molar-refractivity contribution in [2.45, 2.75) is 33.7 Å². The van der Waals surface area contributed by atoms with E-state index in [0.717, 1.165) is 0 Å². The topological polar surface area (TPSA) is 96.2 Å². The molecule has 11 heteroatoms. The number of carbonyl (C=O) groups excluding carboxylic acids is 2. The zero-order valence-corrected chi connectivity index (χ0v) is 24.2. The van der Waals surface area contributed by atoms with Crippen molar-refractivity contribution < 1.29 is 23.8 Å². The minimum atomic E-state index is -0.871. The number of ether oxygens (including phenoxy) is 3. The van der Waals surface area contributed by atoms with Crippen LogP contribution in [0.25, 0.3) is 6.08 Å². The van der Waals surface area contributed by atoms with E-state index in [2.05, 4.69) is 4.99 Å². The molecule has 0 aliphatic carbocycles. The SMILES string of the molecule is COc1cc([C@H]2C(C(=O)OCC(C)C)=C(C)N=c3s/c(=C\c4ccc(Cl)cc4Cl)c(=O)n32)ccc1OC(C)=O. The van der Waals surface area contributed by atoms with Crippen LogP contribution in [0.5, 0.6) is 11.5 Å². The van der Waals surface area contributed by atoms with Crippen LogP contribution in [-0.4, -0.2) is 30.2 Å². The van der Waals surface area contributed by atoms with Gasteiger partial charge in [-0.2, -0.15) is 0 Å². The Morgan fingerprint density at radius 3 is 2.54 bits per heavy atom. The Morgan fingerprint density at radius 1 is 1.15 bits per heavy atom. The lowest BCUT2D eigenvalue weighted by Crippen LogP contribution is -2.40. The first kappa shape index (κ1) is 28.6. The number of esters is 2. The summed E-state index contributed by atoms with van der Waals surface area (Å²) in [6, 6.07) is 8.99. The molecule has 4 rings (SSSR count). The van der Waals surface area contributed by atoms with Gasteiger partial charge in [0.1, 0.15) is 0 Å². The van der Waals surface area contributed by atoms with Gasteiger partial charge in [0.15, 0.2) is 16.3 Å². The van der Waals surface area contributed by atoms with E-state index in [1.165, 1.54) is 29.9 Å². The summed E-state index contributed by atoms with van der Waals surface area (Å²) in [4.78, 5) is 43.8. The first-order valence-electron chi connectivity index (χ1n) is 12.0. The number of thiazole rings is 1. The maximum atomic E-state index is 13.8. The van der Waals surface area contributed by atoms with Crippen LogP contribution in [0.4, 0.5) is 0 Å². The lowest BCUT2D eigenvalue weighted by Gasteiger charge is -2.25. The largest absolute Gasteiger partial charge is 0.493 e. The molecule has 1 aliphatic rings. The molecule has 0 spiro atoms. The highest BCUT2D eigenvalue weighted by Crippen LogP contribution is 2.36. The van der Waals surface area contributed by atoms with Crippen LogP contribution in [0.1, 0.15) is 44.9 Å². The van der Waals surface area contributed by atoms with Crippen molar-refractivity contribution in [2.24, 2.45) is 10.9 Å². The van der Waals surface area contributed by atoms with Crippen LogP contribution < -0.4 is 24.4 Å². The van der Waals surface area contributed by atoms with Gasteiger partial charge in [-0.3, -0.25) is 14.2 Å². The first-order chi connectivity index (χ1) is 18.5. The van der Waals surface area contributed by atoms with Gasteiger partial charge >= 0.3 is 11.9 Å². The van der Waals surface area contributed by atoms with Crippen molar-refractivity contribution in [1.82, 2.24) is 4.57 Å². The molecule has 3 aromatic rings. The van der Waals surface area contributed by atoms with Gasteiger partial charge in [0.2, 0.25) is 0 Å². The van der Waals surface area contributed by atoms with Gasteiger partial charge in [-0.05, 0) is 54.3 Å². The van der Waals surface area contributed by atoms with Gasteiger partial charge in [0, 0.05) is 17.0 Å². The van der Waals surface area contributed by atoms with Crippen LogP contribution in [-0.2, 0) is 14.3 Å². The fraction of sp³-hybridized carbons (Fsp3) is 0.286. The summed E-state index contributed by atoms with van der Waals surface area (Å²) in [6.07, 6.45) is 1.67. The number of methoxy groups -OCH3 is 1. The van der Waals surface area contributed by atoms with Gasteiger partial charge in [-0.25, -0.2) is 9.79 Å². The molecule has 1 aromatic heterocycles. The van der Waals surface area contributed by atoms with Crippen molar-refractivity contribution in [2.75, 3.05) is 13.7 Å². The molecule has 1 atom stereocenters. The van der Waals surface area contributed by atoms with Gasteiger partial charge in [0.05, 0.1) is 35.6 Å². The second kappa shape index (κ2) is 11.8. The van der Waals surface area contributed by atoms with Crippen LogP contribution in [0.3, 0.4) is 0 Å². The Kier molecular flexibility index (Phi) is 8.64. The van der Waals surface area contributed by atoms with E-state index < -0.39 is 18.0 Å². The molecule has 39 heavy (non-hydrogen) atoms. The highest BCUT2D eigenvalue weighted by Gasteiger charge is 2.34. The van der Waals surface area contributed by atoms with Gasteiger partial charge in [0.25, 0.3) is 5.56 Å². The van der Waals surface area contributed by atoms with E-state index in [4.69, 9.17) is 37.4 Å². The number of allylic oxidation sites excluding steroid dienone is 1. The second-order valence-corrected chi connectivity index (χ2v) is 11.1. The summed E-state index contributed by atoms with van der Waals surface area (Å²) in [5.41, 5.74) is 1.45. The molecular formula is C28H26Cl2N2O6S. The number of halogens is 2. The molecule has 0 saturated heterocycles. The van der Waals surface area contributed by atoms with Crippen LogP contribution in [0.2, 0.25) is 10.0 Å². The summed E-state index contributed by atoms with van der Waals surface area (Å²) in [6.45, 7) is 7.06. The standard InChI is InChI=1S/C28H26Cl2N2O6S/c1-14(2)13-37-27(35)24-15(3)31-28-32(25(24)18-7-9-21(38-16(4)33)22(10-18)36-5)26(34)23(39-28)11-17-6-8-19(29)12-20(17)30/h6-12,14,25H,13H2,1-5H3/b23-11-/t25-/m0/s1. The number of aromatic nitrogens is 1. The number of benzene rings is 2. The third-order valence-corrected chi connectivity index (χ3v) is 7.34. The number of hydrogen-bond acceptors (Lipinski definition) is 8. The van der Waals surface area contributed by atoms with E-state index >= 15 is 0 Å². The number of nitrogens with zero attached hydrogens (tertiary/aromatic N) is 2. The number of carbonyl (C=O) groups is 2. The predicted octanol–water partition coefficient (Wildman–Crippen LogP) is 4.68.